The van der Waals surface area contributed by atoms with E-state index in [0.717, 1.165) is 66.7 Å². The van der Waals surface area contributed by atoms with Crippen LogP contribution in [0.25, 0.3) is 89.7 Å². The lowest BCUT2D eigenvalue weighted by Crippen LogP contribution is -2.00. The van der Waals surface area contributed by atoms with E-state index in [1.54, 1.807) is 6.33 Å². The molecule has 0 spiro atoms. The summed E-state index contributed by atoms with van der Waals surface area (Å²) in [6, 6.07) is 53.2. The second-order valence-electron chi connectivity index (χ2n) is 11.7. The molecule has 0 N–H and O–H groups in total. The lowest BCUT2D eigenvalue weighted by Gasteiger charge is -2.10. The zero-order valence-electron chi connectivity index (χ0n) is 26.2. The van der Waals surface area contributed by atoms with Crippen LogP contribution in [-0.4, -0.2) is 24.9 Å². The lowest BCUT2D eigenvalue weighted by molar-refractivity contribution is 0.668. The third kappa shape index (κ3) is 5.31. The van der Waals surface area contributed by atoms with Crippen LogP contribution >= 0.6 is 0 Å². The molecule has 0 aliphatic heterocycles. The highest BCUT2D eigenvalue weighted by Crippen LogP contribution is 2.38. The minimum Gasteiger partial charge on any atom is -0.451 e. The molecule has 6 nitrogen and oxygen atoms in total. The molecule has 0 saturated carbocycles. The lowest BCUT2D eigenvalue weighted by atomic mass is 10.00. The fraction of sp³-hybridized carbons (Fsp3) is 0. The number of fused-ring (bicyclic) bond motifs is 3. The summed E-state index contributed by atoms with van der Waals surface area (Å²) < 4.78 is 6.54. The van der Waals surface area contributed by atoms with Crippen LogP contribution in [0.2, 0.25) is 0 Å². The molecule has 0 atom stereocenters. The zero-order valence-corrected chi connectivity index (χ0v) is 26.2. The van der Waals surface area contributed by atoms with Gasteiger partial charge >= 0.3 is 0 Å². The Hall–Kier alpha value is -6.79. The number of hydrogen-bond donors (Lipinski definition) is 0. The molecule has 0 amide bonds. The fourth-order valence-corrected chi connectivity index (χ4v) is 6.24. The molecule has 3 aromatic heterocycles. The van der Waals surface area contributed by atoms with E-state index in [9.17, 15) is 0 Å². The predicted octanol–water partition coefficient (Wildman–Crippen LogP) is 10.6. The van der Waals surface area contributed by atoms with E-state index in [-0.39, 0.29) is 0 Å². The molecule has 230 valence electrons. The smallest absolute Gasteiger partial charge is 0.180 e. The molecule has 0 aliphatic carbocycles. The molecule has 0 unspecified atom stereocenters. The minimum absolute atomic E-state index is 0.620. The number of rotatable bonds is 6. The highest BCUT2D eigenvalue weighted by atomic mass is 16.3. The predicted molar refractivity (Wildman–Crippen MR) is 195 cm³/mol. The number of nitrogens with zero attached hydrogens (tertiary/aromatic N) is 5. The third-order valence-electron chi connectivity index (χ3n) is 8.67. The molecular formula is C43H27N5O. The Bertz CT molecular complexity index is 2530. The molecule has 9 aromatic rings. The quantitative estimate of drug-likeness (QED) is 0.182. The van der Waals surface area contributed by atoms with Crippen LogP contribution in [0.5, 0.6) is 0 Å². The van der Waals surface area contributed by atoms with Gasteiger partial charge in [-0.05, 0) is 28.8 Å². The summed E-state index contributed by atoms with van der Waals surface area (Å²) in [5.74, 6) is 1.89. The first kappa shape index (κ1) is 28.4. The van der Waals surface area contributed by atoms with Gasteiger partial charge in [0.25, 0.3) is 0 Å². The van der Waals surface area contributed by atoms with Crippen molar-refractivity contribution in [3.05, 3.63) is 164 Å². The van der Waals surface area contributed by atoms with Gasteiger partial charge in [0.05, 0.1) is 0 Å². The van der Waals surface area contributed by atoms with Crippen molar-refractivity contribution in [1.29, 1.82) is 0 Å². The standard InChI is InChI=1S/C43H27N5O/c1-4-12-29(13-5-1)35-20-11-21-36-38-40(49-39(35)36)37(44-27-45-38)30-24-22-28(23-25-30)33-18-10-19-34(26-33)43-47-41(31-14-6-2-7-15-31)46-42(48-43)32-16-8-3-9-17-32/h1-27H. The second-order valence-corrected chi connectivity index (χ2v) is 11.7. The van der Waals surface area contributed by atoms with Crippen LogP contribution in [-0.2, 0) is 0 Å². The molecule has 6 heteroatoms. The van der Waals surface area contributed by atoms with Gasteiger partial charge in [-0.15, -0.1) is 0 Å². The van der Waals surface area contributed by atoms with Crippen molar-refractivity contribution in [1.82, 2.24) is 24.9 Å². The van der Waals surface area contributed by atoms with Gasteiger partial charge in [0.2, 0.25) is 0 Å². The maximum atomic E-state index is 6.54. The second kappa shape index (κ2) is 12.1. The van der Waals surface area contributed by atoms with Crippen molar-refractivity contribution >= 4 is 22.1 Å². The number of hydrogen-bond acceptors (Lipinski definition) is 6. The van der Waals surface area contributed by atoms with Crippen LogP contribution in [0.15, 0.2) is 168 Å². The molecule has 9 rings (SSSR count). The number of benzene rings is 6. The summed E-state index contributed by atoms with van der Waals surface area (Å²) in [5.41, 5.74) is 11.0. The summed E-state index contributed by atoms with van der Waals surface area (Å²) in [5, 5.41) is 0.970. The highest BCUT2D eigenvalue weighted by Gasteiger charge is 2.18. The Labute approximate surface area is 282 Å². The monoisotopic (exact) mass is 629 g/mol. The summed E-state index contributed by atoms with van der Waals surface area (Å²) in [6.45, 7) is 0. The summed E-state index contributed by atoms with van der Waals surface area (Å²) >= 11 is 0. The maximum Gasteiger partial charge on any atom is 0.180 e. The molecule has 0 bridgehead atoms. The van der Waals surface area contributed by atoms with Crippen molar-refractivity contribution in [2.75, 3.05) is 0 Å². The van der Waals surface area contributed by atoms with E-state index < -0.39 is 0 Å². The van der Waals surface area contributed by atoms with E-state index in [2.05, 4.69) is 70.6 Å². The van der Waals surface area contributed by atoms with Gasteiger partial charge in [0.15, 0.2) is 23.1 Å². The fourth-order valence-electron chi connectivity index (χ4n) is 6.24. The first-order chi connectivity index (χ1) is 24.3. The molecule has 49 heavy (non-hydrogen) atoms. The molecule has 0 fully saturated rings. The molecule has 0 radical (unpaired) electrons. The van der Waals surface area contributed by atoms with Gasteiger partial charge in [-0.2, -0.15) is 0 Å². The van der Waals surface area contributed by atoms with Crippen LogP contribution in [0.1, 0.15) is 0 Å². The molecular weight excluding hydrogens is 603 g/mol. The molecule has 3 heterocycles. The Morgan fingerprint density at radius 2 is 0.898 bits per heavy atom. The van der Waals surface area contributed by atoms with Crippen molar-refractivity contribution in [2.24, 2.45) is 0 Å². The normalized spacial score (nSPS) is 11.3. The largest absolute Gasteiger partial charge is 0.451 e. The van der Waals surface area contributed by atoms with Gasteiger partial charge in [-0.3, -0.25) is 0 Å². The Kier molecular flexibility index (Phi) is 7.02. The maximum absolute atomic E-state index is 6.54. The molecule has 6 aromatic carbocycles. The molecule has 0 aliphatic rings. The molecule has 0 saturated heterocycles. The summed E-state index contributed by atoms with van der Waals surface area (Å²) in [6.07, 6.45) is 1.61. The minimum atomic E-state index is 0.620. The highest BCUT2D eigenvalue weighted by molar-refractivity contribution is 6.10. The van der Waals surface area contributed by atoms with E-state index in [1.807, 2.05) is 97.1 Å². The van der Waals surface area contributed by atoms with Crippen molar-refractivity contribution < 1.29 is 4.42 Å². The van der Waals surface area contributed by atoms with E-state index in [0.29, 0.717) is 23.1 Å². The van der Waals surface area contributed by atoms with Gasteiger partial charge in [0, 0.05) is 33.2 Å². The van der Waals surface area contributed by atoms with E-state index in [4.69, 9.17) is 19.4 Å². The van der Waals surface area contributed by atoms with E-state index >= 15 is 0 Å². The van der Waals surface area contributed by atoms with Gasteiger partial charge in [0.1, 0.15) is 23.1 Å². The van der Waals surface area contributed by atoms with Gasteiger partial charge < -0.3 is 4.42 Å². The summed E-state index contributed by atoms with van der Waals surface area (Å²) in [4.78, 5) is 24.0. The van der Waals surface area contributed by atoms with Crippen LogP contribution in [0.4, 0.5) is 0 Å². The number of aromatic nitrogens is 5. The topological polar surface area (TPSA) is 77.6 Å². The average Bonchev–Trinajstić information content (AvgIpc) is 3.58. The van der Waals surface area contributed by atoms with Crippen molar-refractivity contribution in [3.8, 4) is 67.7 Å². The SMILES string of the molecule is c1ccc(-c2nc(-c3ccccc3)nc(-c3cccc(-c4ccc(-c5ncnc6c5oc5c(-c7ccccc7)cccc56)cc4)c3)n2)cc1. The Morgan fingerprint density at radius 1 is 0.367 bits per heavy atom. The average molecular weight is 630 g/mol. The number of para-hydroxylation sites is 1. The van der Waals surface area contributed by atoms with Crippen LogP contribution in [0.3, 0.4) is 0 Å². The van der Waals surface area contributed by atoms with Crippen molar-refractivity contribution in [3.63, 3.8) is 0 Å². The van der Waals surface area contributed by atoms with Gasteiger partial charge in [-0.1, -0.05) is 146 Å². The summed E-state index contributed by atoms with van der Waals surface area (Å²) in [7, 11) is 0. The zero-order chi connectivity index (χ0) is 32.6. The Balaban J connectivity index is 1.09. The first-order valence-corrected chi connectivity index (χ1v) is 16.1. The van der Waals surface area contributed by atoms with Crippen molar-refractivity contribution in [2.45, 2.75) is 0 Å². The number of furan rings is 1. The van der Waals surface area contributed by atoms with Crippen LogP contribution < -0.4 is 0 Å². The van der Waals surface area contributed by atoms with E-state index in [1.165, 1.54) is 0 Å². The first-order valence-electron chi connectivity index (χ1n) is 16.1. The Morgan fingerprint density at radius 3 is 1.55 bits per heavy atom. The van der Waals surface area contributed by atoms with Gasteiger partial charge in [-0.25, -0.2) is 24.9 Å². The third-order valence-corrected chi connectivity index (χ3v) is 8.67. The van der Waals surface area contributed by atoms with Crippen LogP contribution in [0, 0.1) is 0 Å².